The monoisotopic (exact) mass is 451 g/mol. The maximum atomic E-state index is 13.0. The van der Waals surface area contributed by atoms with Crippen molar-refractivity contribution < 1.29 is 15.0 Å². The fourth-order valence-corrected chi connectivity index (χ4v) is 4.27. The summed E-state index contributed by atoms with van der Waals surface area (Å²) in [6.45, 7) is -0.192. The van der Waals surface area contributed by atoms with Gasteiger partial charge < -0.3 is 15.5 Å². The smallest absolute Gasteiger partial charge is 0.269 e. The van der Waals surface area contributed by atoms with Crippen molar-refractivity contribution in [1.82, 2.24) is 15.5 Å². The molecule has 0 spiro atoms. The van der Waals surface area contributed by atoms with Gasteiger partial charge in [0, 0.05) is 10.6 Å². The molecule has 1 unspecified atom stereocenters. The second-order valence-corrected chi connectivity index (χ2v) is 8.52. The molecular weight excluding hydrogens is 426 g/mol. The van der Waals surface area contributed by atoms with E-state index in [1.165, 1.54) is 0 Å². The molecule has 1 atom stereocenters. The first-order valence-electron chi connectivity index (χ1n) is 10.8. The highest BCUT2D eigenvalue weighted by molar-refractivity contribution is 6.30. The third-order valence-corrected chi connectivity index (χ3v) is 5.92. The number of carbonyl (C=O) groups is 1. The van der Waals surface area contributed by atoms with Crippen LogP contribution in [0, 0.1) is 0 Å². The molecule has 1 aliphatic carbocycles. The Morgan fingerprint density at radius 3 is 2.72 bits per heavy atom. The van der Waals surface area contributed by atoms with Gasteiger partial charge in [0.05, 0.1) is 18.3 Å². The highest BCUT2D eigenvalue weighted by atomic mass is 35.5. The van der Waals surface area contributed by atoms with Gasteiger partial charge >= 0.3 is 0 Å². The first kappa shape index (κ1) is 22.1. The van der Waals surface area contributed by atoms with E-state index in [4.69, 9.17) is 11.6 Å². The average Bonchev–Trinajstić information content (AvgIpc) is 3.11. The number of aliphatic hydroxyl groups is 1. The number of phenols is 1. The van der Waals surface area contributed by atoms with Crippen LogP contribution < -0.4 is 5.32 Å². The fourth-order valence-electron chi connectivity index (χ4n) is 4.07. The van der Waals surface area contributed by atoms with Crippen molar-refractivity contribution in [2.24, 2.45) is 0 Å². The van der Waals surface area contributed by atoms with Crippen LogP contribution in [0.2, 0.25) is 5.02 Å². The minimum Gasteiger partial charge on any atom is -0.508 e. The summed E-state index contributed by atoms with van der Waals surface area (Å²) < 4.78 is 0. The number of aromatic nitrogens is 2. The van der Waals surface area contributed by atoms with Gasteiger partial charge in [-0.3, -0.25) is 9.89 Å². The number of aromatic amines is 1. The lowest BCUT2D eigenvalue weighted by atomic mass is 10.0. The summed E-state index contributed by atoms with van der Waals surface area (Å²) in [5.41, 5.74) is 5.18. The lowest BCUT2D eigenvalue weighted by molar-refractivity contribution is 0.0910. The molecule has 0 radical (unpaired) electrons. The van der Waals surface area contributed by atoms with Crippen LogP contribution in [0.15, 0.2) is 48.5 Å². The van der Waals surface area contributed by atoms with Crippen LogP contribution in [0.1, 0.15) is 52.1 Å². The van der Waals surface area contributed by atoms with Crippen molar-refractivity contribution >= 4 is 29.2 Å². The summed E-state index contributed by atoms with van der Waals surface area (Å²) in [6.07, 6.45) is 6.17. The molecule has 4 N–H and O–H groups in total. The van der Waals surface area contributed by atoms with Crippen molar-refractivity contribution in [2.45, 2.75) is 38.1 Å². The molecule has 1 heterocycles. The Bertz CT molecular complexity index is 1120. The van der Waals surface area contributed by atoms with E-state index in [0.717, 1.165) is 53.6 Å². The number of fused-ring (bicyclic) bond motifs is 1. The number of aliphatic hydroxyl groups excluding tert-OH is 1. The van der Waals surface area contributed by atoms with Crippen LogP contribution in [0.5, 0.6) is 5.75 Å². The summed E-state index contributed by atoms with van der Waals surface area (Å²) in [5, 5.41) is 30.2. The van der Waals surface area contributed by atoms with Gasteiger partial charge in [-0.15, -0.1) is 0 Å². The van der Waals surface area contributed by atoms with Crippen LogP contribution in [0.3, 0.4) is 0 Å². The minimum absolute atomic E-state index is 0.181. The van der Waals surface area contributed by atoms with E-state index in [2.05, 4.69) is 21.6 Å². The average molecular weight is 452 g/mol. The largest absolute Gasteiger partial charge is 0.508 e. The molecule has 0 fully saturated rings. The Morgan fingerprint density at radius 1 is 1.19 bits per heavy atom. The van der Waals surface area contributed by atoms with Gasteiger partial charge in [0.2, 0.25) is 0 Å². The molecule has 6 nitrogen and oxygen atoms in total. The van der Waals surface area contributed by atoms with E-state index in [0.29, 0.717) is 17.1 Å². The summed E-state index contributed by atoms with van der Waals surface area (Å²) >= 11 is 6.13. The minimum atomic E-state index is -0.446. The number of H-pyrrole nitrogens is 1. The van der Waals surface area contributed by atoms with Gasteiger partial charge in [0.1, 0.15) is 11.4 Å². The van der Waals surface area contributed by atoms with E-state index < -0.39 is 6.04 Å². The number of benzene rings is 2. The van der Waals surface area contributed by atoms with E-state index >= 15 is 0 Å². The maximum Gasteiger partial charge on any atom is 0.269 e. The number of rotatable bonds is 6. The van der Waals surface area contributed by atoms with Crippen molar-refractivity contribution in [3.63, 3.8) is 0 Å². The van der Waals surface area contributed by atoms with E-state index in [9.17, 15) is 15.0 Å². The molecule has 166 valence electrons. The molecule has 0 saturated carbocycles. The molecule has 3 aromatic rings. The zero-order chi connectivity index (χ0) is 22.5. The fraction of sp³-hybridized carbons (Fsp3) is 0.280. The normalized spacial score (nSPS) is 15.8. The van der Waals surface area contributed by atoms with Gasteiger partial charge in [0.15, 0.2) is 0 Å². The quantitative estimate of drug-likeness (QED) is 0.418. The highest BCUT2D eigenvalue weighted by Crippen LogP contribution is 2.32. The van der Waals surface area contributed by atoms with Crippen molar-refractivity contribution in [2.75, 3.05) is 6.61 Å². The first-order valence-corrected chi connectivity index (χ1v) is 11.1. The molecule has 32 heavy (non-hydrogen) atoms. The topological polar surface area (TPSA) is 98.2 Å². The summed E-state index contributed by atoms with van der Waals surface area (Å²) in [4.78, 5) is 13.0. The Morgan fingerprint density at radius 2 is 1.97 bits per heavy atom. The molecule has 1 aromatic heterocycles. The standard InChI is InChI=1S/C25H26ClN3O3/c26-19-6-3-4-17(13-19)12-18-5-1-2-7-22-23(18)28-29-24(22)25(32)27-20(15-30)14-16-8-10-21(31)11-9-16/h3-4,6,8-13,20,30-31H,1-2,5,7,14-15H2,(H,27,32)(H,28,29)/b18-12+. The zero-order valence-corrected chi connectivity index (χ0v) is 18.4. The number of allylic oxidation sites excluding steroid dienone is 1. The Kier molecular flexibility index (Phi) is 6.93. The van der Waals surface area contributed by atoms with E-state index in [1.807, 2.05) is 24.3 Å². The van der Waals surface area contributed by atoms with E-state index in [-0.39, 0.29) is 18.3 Å². The van der Waals surface area contributed by atoms with Crippen LogP contribution in [-0.4, -0.2) is 39.0 Å². The lowest BCUT2D eigenvalue weighted by Gasteiger charge is -2.16. The molecule has 2 aromatic carbocycles. The second-order valence-electron chi connectivity index (χ2n) is 8.08. The van der Waals surface area contributed by atoms with E-state index in [1.54, 1.807) is 24.3 Å². The van der Waals surface area contributed by atoms with Gasteiger partial charge in [-0.1, -0.05) is 35.9 Å². The van der Waals surface area contributed by atoms with Crippen LogP contribution >= 0.6 is 11.6 Å². The summed E-state index contributed by atoms with van der Waals surface area (Å²) in [6, 6.07) is 14.0. The summed E-state index contributed by atoms with van der Waals surface area (Å²) in [5.74, 6) is -0.0966. The number of nitrogens with zero attached hydrogens (tertiary/aromatic N) is 1. The number of amides is 1. The third kappa shape index (κ3) is 5.21. The molecule has 7 heteroatoms. The predicted molar refractivity (Wildman–Crippen MR) is 126 cm³/mol. The number of halogens is 1. The van der Waals surface area contributed by atoms with Crippen molar-refractivity contribution in [1.29, 1.82) is 0 Å². The Balaban J connectivity index is 1.55. The SMILES string of the molecule is O=C(NC(CO)Cc1ccc(O)cc1)c1[nH]nc2c1CCCC/C2=C\c1cccc(Cl)c1. The van der Waals surface area contributed by atoms with Gasteiger partial charge in [-0.25, -0.2) is 0 Å². The third-order valence-electron chi connectivity index (χ3n) is 5.68. The van der Waals surface area contributed by atoms with Gasteiger partial charge in [0.25, 0.3) is 5.91 Å². The number of hydrogen-bond donors (Lipinski definition) is 4. The van der Waals surface area contributed by atoms with Crippen LogP contribution in [0.25, 0.3) is 11.6 Å². The Hall–Kier alpha value is -3.09. The van der Waals surface area contributed by atoms with Gasteiger partial charge in [-0.05, 0) is 79.1 Å². The second kappa shape index (κ2) is 10.0. The molecule has 0 bridgehead atoms. The number of aromatic hydroxyl groups is 1. The maximum absolute atomic E-state index is 13.0. The molecule has 1 aliphatic rings. The molecule has 1 amide bonds. The molecular formula is C25H26ClN3O3. The molecule has 4 rings (SSSR count). The predicted octanol–water partition coefficient (Wildman–Crippen LogP) is 4.37. The number of phenolic OH excluding ortho intramolecular Hbond substituents is 1. The first-order chi connectivity index (χ1) is 15.5. The van der Waals surface area contributed by atoms with Crippen molar-refractivity contribution in [3.05, 3.63) is 81.6 Å². The lowest BCUT2D eigenvalue weighted by Crippen LogP contribution is -2.39. The highest BCUT2D eigenvalue weighted by Gasteiger charge is 2.24. The number of carbonyl (C=O) groups excluding carboxylic acids is 1. The van der Waals surface area contributed by atoms with Crippen LogP contribution in [0.4, 0.5) is 0 Å². The zero-order valence-electron chi connectivity index (χ0n) is 17.6. The molecule has 0 aliphatic heterocycles. The van der Waals surface area contributed by atoms with Gasteiger partial charge in [-0.2, -0.15) is 5.10 Å². The van der Waals surface area contributed by atoms with Crippen LogP contribution in [-0.2, 0) is 12.8 Å². The molecule has 0 saturated heterocycles. The van der Waals surface area contributed by atoms with Crippen molar-refractivity contribution in [3.8, 4) is 5.75 Å². The Labute approximate surface area is 191 Å². The number of nitrogens with one attached hydrogen (secondary N) is 2. The summed E-state index contributed by atoms with van der Waals surface area (Å²) in [7, 11) is 0. The number of hydrogen-bond acceptors (Lipinski definition) is 4.